The number of unbranched alkanes of at least 4 members (excludes halogenated alkanes) is 1. The smallest absolute Gasteiger partial charge is 0.131 e. The summed E-state index contributed by atoms with van der Waals surface area (Å²) >= 11 is 0. The van der Waals surface area contributed by atoms with Gasteiger partial charge in [0.15, 0.2) is 0 Å². The van der Waals surface area contributed by atoms with E-state index < -0.39 is 16.1 Å². The molecule has 0 nitrogen and oxygen atoms in total. The Morgan fingerprint density at radius 3 is 2.00 bits per heavy atom. The van der Waals surface area contributed by atoms with Gasteiger partial charge in [-0.25, -0.2) is 0 Å². The molecule has 0 aromatic rings. The summed E-state index contributed by atoms with van der Waals surface area (Å²) < 4.78 is 0. The Bertz CT molecular complexity index is 375. The van der Waals surface area contributed by atoms with Gasteiger partial charge in [0.05, 0.1) is 8.07 Å². The second-order valence-electron chi connectivity index (χ2n) is 7.01. The number of allylic oxidation sites excluding steroid dienone is 2. The molecule has 0 bridgehead atoms. The summed E-state index contributed by atoms with van der Waals surface area (Å²) in [4.78, 5) is 0. The summed E-state index contributed by atoms with van der Waals surface area (Å²) in [6, 6.07) is 3.99. The summed E-state index contributed by atoms with van der Waals surface area (Å²) in [6.45, 7) is 14.4. The molecule has 2 heteroatoms. The van der Waals surface area contributed by atoms with Crippen molar-refractivity contribution in [1.29, 1.82) is 0 Å². The summed E-state index contributed by atoms with van der Waals surface area (Å²) in [7, 11) is -2.14. The zero-order valence-electron chi connectivity index (χ0n) is 13.9. The van der Waals surface area contributed by atoms with Crippen LogP contribution in [0.4, 0.5) is 0 Å². The van der Waals surface area contributed by atoms with Crippen molar-refractivity contribution in [2.75, 3.05) is 0 Å². The lowest BCUT2D eigenvalue weighted by molar-refractivity contribution is 0.863. The normalized spacial score (nSPS) is 15.3. The van der Waals surface area contributed by atoms with Crippen LogP contribution in [0, 0.1) is 11.5 Å². The van der Waals surface area contributed by atoms with Crippen LogP contribution in [0.15, 0.2) is 10.8 Å². The molecule has 0 saturated carbocycles. The van der Waals surface area contributed by atoms with Gasteiger partial charge in [0.25, 0.3) is 0 Å². The third-order valence-corrected chi connectivity index (χ3v) is 11.9. The molecule has 1 aliphatic carbocycles. The van der Waals surface area contributed by atoms with Crippen molar-refractivity contribution in [2.24, 2.45) is 0 Å². The fourth-order valence-electron chi connectivity index (χ4n) is 2.86. The van der Waals surface area contributed by atoms with Gasteiger partial charge < -0.3 is 0 Å². The van der Waals surface area contributed by atoms with Crippen molar-refractivity contribution in [3.63, 3.8) is 0 Å². The molecule has 0 radical (unpaired) electrons. The lowest BCUT2D eigenvalue weighted by Gasteiger charge is -2.20. The third kappa shape index (κ3) is 4.97. The standard InChI is InChI=1S/C17H32Si2/c1-7-19(8-2,9-3)14-12-10-11-13-16-15-17(16)18(4,5)6/h7-11,13,15H2,1-6H3. The molecule has 0 atom stereocenters. The molecule has 0 N–H and O–H groups in total. The maximum atomic E-state index is 3.70. The van der Waals surface area contributed by atoms with Crippen LogP contribution >= 0.6 is 0 Å². The predicted octanol–water partition coefficient (Wildman–Crippen LogP) is 5.79. The van der Waals surface area contributed by atoms with Crippen LogP contribution in [0.5, 0.6) is 0 Å². The number of hydrogen-bond acceptors (Lipinski definition) is 0. The Morgan fingerprint density at radius 2 is 1.58 bits per heavy atom. The van der Waals surface area contributed by atoms with Gasteiger partial charge in [0.2, 0.25) is 0 Å². The molecule has 0 aliphatic heterocycles. The second-order valence-corrected chi connectivity index (χ2v) is 17.0. The average Bonchev–Trinajstić information content (AvgIpc) is 3.14. The summed E-state index contributed by atoms with van der Waals surface area (Å²) in [6.07, 6.45) is 5.10. The molecule has 0 spiro atoms. The zero-order valence-corrected chi connectivity index (χ0v) is 15.9. The van der Waals surface area contributed by atoms with Gasteiger partial charge in [0, 0.05) is 6.42 Å². The summed E-state index contributed by atoms with van der Waals surface area (Å²) in [5, 5.41) is 1.85. The first-order valence-corrected chi connectivity index (χ1v) is 14.2. The van der Waals surface area contributed by atoms with E-state index in [1.165, 1.54) is 37.4 Å². The van der Waals surface area contributed by atoms with Crippen molar-refractivity contribution in [3.05, 3.63) is 10.8 Å². The lowest BCUT2D eigenvalue weighted by atomic mass is 10.2. The maximum Gasteiger partial charge on any atom is 0.137 e. The van der Waals surface area contributed by atoms with Crippen LogP contribution in [-0.2, 0) is 0 Å². The largest absolute Gasteiger partial charge is 0.137 e. The molecule has 108 valence electrons. The zero-order chi connectivity index (χ0) is 14.5. The van der Waals surface area contributed by atoms with Gasteiger partial charge in [-0.15, -0.1) is 11.5 Å². The van der Waals surface area contributed by atoms with Crippen molar-refractivity contribution >= 4 is 16.1 Å². The molecular formula is C17H32Si2. The van der Waals surface area contributed by atoms with Crippen molar-refractivity contribution in [2.45, 2.75) is 84.2 Å². The van der Waals surface area contributed by atoms with Crippen LogP contribution in [0.1, 0.15) is 46.5 Å². The van der Waals surface area contributed by atoms with Crippen LogP contribution in [-0.4, -0.2) is 16.1 Å². The monoisotopic (exact) mass is 292 g/mol. The van der Waals surface area contributed by atoms with E-state index >= 15 is 0 Å². The fraction of sp³-hybridized carbons (Fsp3) is 0.765. The van der Waals surface area contributed by atoms with Crippen molar-refractivity contribution < 1.29 is 0 Å². The van der Waals surface area contributed by atoms with E-state index in [1.54, 1.807) is 5.57 Å². The molecule has 0 heterocycles. The quantitative estimate of drug-likeness (QED) is 0.317. The SMILES string of the molecule is CC[Si](C#CCCCC1=C([Si](C)(C)C)C1)(CC)CC. The first-order valence-electron chi connectivity index (χ1n) is 8.10. The molecule has 0 unspecified atom stereocenters. The minimum absolute atomic E-state index is 0.952. The van der Waals surface area contributed by atoms with E-state index in [1.807, 2.05) is 5.20 Å². The molecule has 1 aliphatic rings. The van der Waals surface area contributed by atoms with E-state index in [9.17, 15) is 0 Å². The molecule has 0 aromatic carbocycles. The molecule has 0 fully saturated rings. The van der Waals surface area contributed by atoms with Crippen molar-refractivity contribution in [3.8, 4) is 11.5 Å². The first kappa shape index (κ1) is 16.8. The maximum absolute atomic E-state index is 3.70. The Kier molecular flexibility index (Phi) is 6.14. The predicted molar refractivity (Wildman–Crippen MR) is 93.8 cm³/mol. The molecule has 0 saturated heterocycles. The first-order chi connectivity index (χ1) is 8.88. The molecule has 19 heavy (non-hydrogen) atoms. The van der Waals surface area contributed by atoms with Gasteiger partial charge in [0.1, 0.15) is 8.07 Å². The Labute approximate surface area is 123 Å². The topological polar surface area (TPSA) is 0 Å². The van der Waals surface area contributed by atoms with Gasteiger partial charge in [-0.1, -0.05) is 51.2 Å². The van der Waals surface area contributed by atoms with Gasteiger partial charge >= 0.3 is 0 Å². The van der Waals surface area contributed by atoms with Crippen molar-refractivity contribution in [1.82, 2.24) is 0 Å². The van der Waals surface area contributed by atoms with Crippen LogP contribution < -0.4 is 0 Å². The summed E-state index contributed by atoms with van der Waals surface area (Å²) in [5.74, 6) is 3.52. The number of hydrogen-bond donors (Lipinski definition) is 0. The van der Waals surface area contributed by atoms with Gasteiger partial charge in [-0.05, 0) is 37.4 Å². The van der Waals surface area contributed by atoms with E-state index in [4.69, 9.17) is 0 Å². The highest BCUT2D eigenvalue weighted by Gasteiger charge is 2.32. The second kappa shape index (κ2) is 6.95. The number of rotatable bonds is 7. The summed E-state index contributed by atoms with van der Waals surface area (Å²) in [5.41, 5.74) is 5.48. The van der Waals surface area contributed by atoms with E-state index in [-0.39, 0.29) is 0 Å². The van der Waals surface area contributed by atoms with Gasteiger partial charge in [-0.2, -0.15) is 0 Å². The van der Waals surface area contributed by atoms with Crippen LogP contribution in [0.2, 0.25) is 37.8 Å². The highest BCUT2D eigenvalue weighted by Crippen LogP contribution is 2.41. The molecule has 1 rings (SSSR count). The van der Waals surface area contributed by atoms with E-state index in [0.29, 0.717) is 0 Å². The Morgan fingerprint density at radius 1 is 1.00 bits per heavy atom. The highest BCUT2D eigenvalue weighted by atomic mass is 28.3. The van der Waals surface area contributed by atoms with Gasteiger partial charge in [-0.3, -0.25) is 0 Å². The van der Waals surface area contributed by atoms with Crippen LogP contribution in [0.3, 0.4) is 0 Å². The van der Waals surface area contributed by atoms with Crippen LogP contribution in [0.25, 0.3) is 0 Å². The third-order valence-electron chi connectivity index (χ3n) is 4.76. The molecule has 0 amide bonds. The molecule has 0 aromatic heterocycles. The average molecular weight is 293 g/mol. The Balaban J connectivity index is 2.35. The fourth-order valence-corrected chi connectivity index (χ4v) is 7.32. The molecular weight excluding hydrogens is 260 g/mol. The van der Waals surface area contributed by atoms with E-state index in [2.05, 4.69) is 51.9 Å². The Hall–Kier alpha value is -0.266. The minimum Gasteiger partial charge on any atom is -0.131 e. The highest BCUT2D eigenvalue weighted by molar-refractivity contribution is 6.87. The lowest BCUT2D eigenvalue weighted by Crippen LogP contribution is -2.29. The van der Waals surface area contributed by atoms with E-state index in [0.717, 1.165) is 6.42 Å². The minimum atomic E-state index is -1.19.